The van der Waals surface area contributed by atoms with Crippen molar-refractivity contribution >= 4 is 5.78 Å². The first-order valence-corrected chi connectivity index (χ1v) is 6.26. The van der Waals surface area contributed by atoms with Crippen LogP contribution in [0.25, 0.3) is 0 Å². The zero-order valence-electron chi connectivity index (χ0n) is 11.8. The SMILES string of the molecule is C=C/C(=C\C=C/C)COc1cc(C)cc(C(C)=O)c1. The highest BCUT2D eigenvalue weighted by Crippen LogP contribution is 2.18. The molecule has 0 unspecified atom stereocenters. The highest BCUT2D eigenvalue weighted by atomic mass is 16.5. The molecule has 2 nitrogen and oxygen atoms in total. The van der Waals surface area contributed by atoms with Crippen LogP contribution in [-0.4, -0.2) is 12.4 Å². The molecule has 0 heterocycles. The third-order valence-corrected chi connectivity index (χ3v) is 2.63. The van der Waals surface area contributed by atoms with Gasteiger partial charge in [-0.2, -0.15) is 0 Å². The van der Waals surface area contributed by atoms with Crippen LogP contribution in [-0.2, 0) is 0 Å². The van der Waals surface area contributed by atoms with E-state index in [-0.39, 0.29) is 5.78 Å². The lowest BCUT2D eigenvalue weighted by Crippen LogP contribution is -2.01. The molecule has 19 heavy (non-hydrogen) atoms. The Morgan fingerprint density at radius 2 is 2.11 bits per heavy atom. The maximum Gasteiger partial charge on any atom is 0.159 e. The van der Waals surface area contributed by atoms with Crippen molar-refractivity contribution in [2.75, 3.05) is 6.61 Å². The van der Waals surface area contributed by atoms with Gasteiger partial charge >= 0.3 is 0 Å². The molecule has 0 spiro atoms. The second-order valence-corrected chi connectivity index (χ2v) is 4.35. The minimum absolute atomic E-state index is 0.0435. The Balaban J connectivity index is 2.82. The summed E-state index contributed by atoms with van der Waals surface area (Å²) in [5.41, 5.74) is 2.68. The Morgan fingerprint density at radius 3 is 2.68 bits per heavy atom. The number of carbonyl (C=O) groups is 1. The number of allylic oxidation sites excluding steroid dienone is 3. The molecule has 0 fully saturated rings. The molecule has 0 radical (unpaired) electrons. The van der Waals surface area contributed by atoms with E-state index in [4.69, 9.17) is 4.74 Å². The minimum Gasteiger partial charge on any atom is -0.489 e. The van der Waals surface area contributed by atoms with Gasteiger partial charge in [-0.05, 0) is 50.1 Å². The van der Waals surface area contributed by atoms with Crippen LogP contribution < -0.4 is 4.74 Å². The molecule has 0 aliphatic rings. The molecule has 0 aliphatic heterocycles. The molecule has 1 aromatic rings. The lowest BCUT2D eigenvalue weighted by atomic mass is 10.1. The van der Waals surface area contributed by atoms with Crippen LogP contribution in [0.2, 0.25) is 0 Å². The van der Waals surface area contributed by atoms with Crippen molar-refractivity contribution in [1.29, 1.82) is 0 Å². The van der Waals surface area contributed by atoms with E-state index in [0.717, 1.165) is 11.1 Å². The summed E-state index contributed by atoms with van der Waals surface area (Å²) in [5, 5.41) is 0. The van der Waals surface area contributed by atoms with Crippen molar-refractivity contribution in [3.05, 3.63) is 65.8 Å². The Labute approximate surface area is 115 Å². The predicted molar refractivity (Wildman–Crippen MR) is 79.8 cm³/mol. The van der Waals surface area contributed by atoms with Crippen molar-refractivity contribution < 1.29 is 9.53 Å². The third-order valence-electron chi connectivity index (χ3n) is 2.63. The van der Waals surface area contributed by atoms with Crippen LogP contribution in [0.15, 0.2) is 54.7 Å². The first kappa shape index (κ1) is 15.0. The summed E-state index contributed by atoms with van der Waals surface area (Å²) in [6.07, 6.45) is 7.61. The standard InChI is InChI=1S/C17H20O2/c1-5-7-8-15(6-2)12-19-17-10-13(3)9-16(11-17)14(4)18/h5-11H,2,12H2,1,3-4H3/b7-5-,15-8+. The number of ether oxygens (including phenoxy) is 1. The molecule has 0 N–H and O–H groups in total. The van der Waals surface area contributed by atoms with Gasteiger partial charge in [-0.15, -0.1) is 0 Å². The molecule has 100 valence electrons. The number of aryl methyl sites for hydroxylation is 1. The van der Waals surface area contributed by atoms with Crippen molar-refractivity contribution in [3.63, 3.8) is 0 Å². The molecule has 0 aliphatic carbocycles. The van der Waals surface area contributed by atoms with Gasteiger partial charge in [-0.1, -0.05) is 30.9 Å². The lowest BCUT2D eigenvalue weighted by Gasteiger charge is -2.09. The van der Waals surface area contributed by atoms with E-state index in [0.29, 0.717) is 17.9 Å². The average molecular weight is 256 g/mol. The smallest absolute Gasteiger partial charge is 0.159 e. The Kier molecular flexibility index (Phi) is 5.80. The van der Waals surface area contributed by atoms with Crippen molar-refractivity contribution in [2.24, 2.45) is 0 Å². The highest BCUT2D eigenvalue weighted by Gasteiger charge is 2.04. The van der Waals surface area contributed by atoms with Gasteiger partial charge in [0.25, 0.3) is 0 Å². The summed E-state index contributed by atoms with van der Waals surface area (Å²) in [5.74, 6) is 0.750. The zero-order valence-corrected chi connectivity index (χ0v) is 11.8. The molecule has 1 rings (SSSR count). The maximum atomic E-state index is 11.4. The normalized spacial score (nSPS) is 11.6. The Hall–Kier alpha value is -2.09. The second kappa shape index (κ2) is 7.37. The van der Waals surface area contributed by atoms with Crippen molar-refractivity contribution in [3.8, 4) is 5.75 Å². The molecule has 0 saturated carbocycles. The fourth-order valence-electron chi connectivity index (χ4n) is 1.60. The van der Waals surface area contributed by atoms with Gasteiger partial charge in [-0.3, -0.25) is 4.79 Å². The summed E-state index contributed by atoms with van der Waals surface area (Å²) < 4.78 is 5.70. The monoisotopic (exact) mass is 256 g/mol. The second-order valence-electron chi connectivity index (χ2n) is 4.35. The van der Waals surface area contributed by atoms with Gasteiger partial charge in [0.15, 0.2) is 5.78 Å². The largest absolute Gasteiger partial charge is 0.489 e. The van der Waals surface area contributed by atoms with E-state index in [1.807, 2.05) is 44.2 Å². The quantitative estimate of drug-likeness (QED) is 0.561. The molecule has 1 aromatic carbocycles. The van der Waals surface area contributed by atoms with E-state index >= 15 is 0 Å². The molecule has 2 heteroatoms. The molecular weight excluding hydrogens is 236 g/mol. The summed E-state index contributed by atoms with van der Waals surface area (Å²) in [6, 6.07) is 5.55. The van der Waals surface area contributed by atoms with Crippen LogP contribution in [0, 0.1) is 6.92 Å². The average Bonchev–Trinajstić information content (AvgIpc) is 2.38. The summed E-state index contributed by atoms with van der Waals surface area (Å²) >= 11 is 0. The molecule has 0 aromatic heterocycles. The molecule has 0 amide bonds. The maximum absolute atomic E-state index is 11.4. The van der Waals surface area contributed by atoms with E-state index < -0.39 is 0 Å². The van der Waals surface area contributed by atoms with Crippen LogP contribution in [0.3, 0.4) is 0 Å². The van der Waals surface area contributed by atoms with Crippen LogP contribution >= 0.6 is 0 Å². The first-order valence-electron chi connectivity index (χ1n) is 6.26. The van der Waals surface area contributed by atoms with Crippen LogP contribution in [0.1, 0.15) is 29.8 Å². The Morgan fingerprint density at radius 1 is 1.37 bits per heavy atom. The number of hydrogen-bond donors (Lipinski definition) is 0. The van der Waals surface area contributed by atoms with Gasteiger partial charge in [-0.25, -0.2) is 0 Å². The predicted octanol–water partition coefficient (Wildman–Crippen LogP) is 4.26. The summed E-state index contributed by atoms with van der Waals surface area (Å²) in [6.45, 7) is 9.65. The van der Waals surface area contributed by atoms with E-state index in [1.165, 1.54) is 0 Å². The fraction of sp³-hybridized carbons (Fsp3) is 0.235. The topological polar surface area (TPSA) is 26.3 Å². The molecule has 0 bridgehead atoms. The van der Waals surface area contributed by atoms with Crippen molar-refractivity contribution in [2.45, 2.75) is 20.8 Å². The van der Waals surface area contributed by atoms with Crippen molar-refractivity contribution in [1.82, 2.24) is 0 Å². The molecule has 0 saturated heterocycles. The van der Waals surface area contributed by atoms with Gasteiger partial charge in [0, 0.05) is 5.56 Å². The number of ketones is 1. The van der Waals surface area contributed by atoms with E-state index in [9.17, 15) is 4.79 Å². The Bertz CT molecular complexity index is 522. The van der Waals surface area contributed by atoms with Crippen LogP contribution in [0.4, 0.5) is 0 Å². The van der Waals surface area contributed by atoms with Gasteiger partial charge in [0.1, 0.15) is 12.4 Å². The van der Waals surface area contributed by atoms with E-state index in [1.54, 1.807) is 19.1 Å². The number of rotatable bonds is 6. The molecular formula is C17H20O2. The summed E-state index contributed by atoms with van der Waals surface area (Å²) in [4.78, 5) is 11.4. The lowest BCUT2D eigenvalue weighted by molar-refractivity contribution is 0.101. The first-order chi connectivity index (χ1) is 9.06. The van der Waals surface area contributed by atoms with Gasteiger partial charge in [0.05, 0.1) is 0 Å². The number of carbonyl (C=O) groups excluding carboxylic acids is 1. The number of benzene rings is 1. The minimum atomic E-state index is 0.0435. The number of Topliss-reactive ketones (excluding diaryl/α,β-unsaturated/α-hetero) is 1. The summed E-state index contributed by atoms with van der Waals surface area (Å²) in [7, 11) is 0. The third kappa shape index (κ3) is 4.96. The van der Waals surface area contributed by atoms with Gasteiger partial charge in [0.2, 0.25) is 0 Å². The highest BCUT2D eigenvalue weighted by molar-refractivity contribution is 5.94. The fourth-order valence-corrected chi connectivity index (χ4v) is 1.60. The zero-order chi connectivity index (χ0) is 14.3. The van der Waals surface area contributed by atoms with Crippen LogP contribution in [0.5, 0.6) is 5.75 Å². The van der Waals surface area contributed by atoms with Gasteiger partial charge < -0.3 is 4.74 Å². The number of hydrogen-bond acceptors (Lipinski definition) is 2. The van der Waals surface area contributed by atoms with E-state index in [2.05, 4.69) is 6.58 Å². The molecule has 0 atom stereocenters.